The van der Waals surface area contributed by atoms with Crippen molar-refractivity contribution < 1.29 is 0 Å². The van der Waals surface area contributed by atoms with E-state index in [0.717, 1.165) is 24.1 Å². The van der Waals surface area contributed by atoms with Gasteiger partial charge in [-0.15, -0.1) is 0 Å². The van der Waals surface area contributed by atoms with Gasteiger partial charge < -0.3 is 5.73 Å². The van der Waals surface area contributed by atoms with Crippen molar-refractivity contribution >= 4 is 0 Å². The summed E-state index contributed by atoms with van der Waals surface area (Å²) in [5, 5.41) is 0. The zero-order valence-corrected chi connectivity index (χ0v) is 8.12. The minimum absolute atomic E-state index is 0.111. The number of rotatable bonds is 0. The first-order valence-electron chi connectivity index (χ1n) is 4.63. The fourth-order valence-corrected chi connectivity index (χ4v) is 2.05. The van der Waals surface area contributed by atoms with Crippen molar-refractivity contribution in [2.45, 2.75) is 32.7 Å². The van der Waals surface area contributed by atoms with E-state index < -0.39 is 0 Å². The third-order valence-corrected chi connectivity index (χ3v) is 2.65. The molecule has 3 nitrogen and oxygen atoms in total. The number of aromatic nitrogens is 2. The minimum Gasteiger partial charge on any atom is -0.324 e. The van der Waals surface area contributed by atoms with Gasteiger partial charge >= 0.3 is 0 Å². The second kappa shape index (κ2) is 2.77. The van der Waals surface area contributed by atoms with Crippen LogP contribution in [0.5, 0.6) is 0 Å². The summed E-state index contributed by atoms with van der Waals surface area (Å²) in [6.07, 6.45) is 5.49. The van der Waals surface area contributed by atoms with Gasteiger partial charge in [-0.1, -0.05) is 13.8 Å². The monoisotopic (exact) mass is 177 g/mol. The SMILES string of the molecule is CC1(C)Cc2ncncc2C(N)C1. The predicted octanol–water partition coefficient (Wildman–Crippen LogP) is 1.45. The fourth-order valence-electron chi connectivity index (χ4n) is 2.05. The largest absolute Gasteiger partial charge is 0.324 e. The van der Waals surface area contributed by atoms with E-state index >= 15 is 0 Å². The summed E-state index contributed by atoms with van der Waals surface area (Å²) in [7, 11) is 0. The van der Waals surface area contributed by atoms with Crippen molar-refractivity contribution in [3.05, 3.63) is 23.8 Å². The lowest BCUT2D eigenvalue weighted by molar-refractivity contribution is 0.278. The lowest BCUT2D eigenvalue weighted by Crippen LogP contribution is -2.30. The molecule has 0 saturated carbocycles. The maximum absolute atomic E-state index is 6.04. The maximum Gasteiger partial charge on any atom is 0.115 e. The summed E-state index contributed by atoms with van der Waals surface area (Å²) in [5.74, 6) is 0. The summed E-state index contributed by atoms with van der Waals surface area (Å²) in [5.41, 5.74) is 8.57. The van der Waals surface area contributed by atoms with E-state index in [-0.39, 0.29) is 11.5 Å². The van der Waals surface area contributed by atoms with Crippen LogP contribution in [-0.4, -0.2) is 9.97 Å². The molecule has 1 aliphatic carbocycles. The van der Waals surface area contributed by atoms with E-state index in [2.05, 4.69) is 23.8 Å². The molecule has 3 heteroatoms. The zero-order valence-electron chi connectivity index (χ0n) is 8.12. The predicted molar refractivity (Wildman–Crippen MR) is 51.1 cm³/mol. The fraction of sp³-hybridized carbons (Fsp3) is 0.600. The summed E-state index contributed by atoms with van der Waals surface area (Å²) in [6.45, 7) is 4.47. The van der Waals surface area contributed by atoms with Crippen molar-refractivity contribution in [1.82, 2.24) is 9.97 Å². The Morgan fingerprint density at radius 2 is 2.31 bits per heavy atom. The van der Waals surface area contributed by atoms with Crippen LogP contribution in [0.4, 0.5) is 0 Å². The van der Waals surface area contributed by atoms with E-state index in [9.17, 15) is 0 Å². The molecule has 1 aromatic heterocycles. The average Bonchev–Trinajstić information content (AvgIpc) is 2.02. The first-order valence-corrected chi connectivity index (χ1v) is 4.63. The lowest BCUT2D eigenvalue weighted by atomic mass is 9.74. The molecule has 1 aliphatic rings. The van der Waals surface area contributed by atoms with Crippen molar-refractivity contribution in [2.24, 2.45) is 11.1 Å². The molecule has 0 saturated heterocycles. The lowest BCUT2D eigenvalue weighted by Gasteiger charge is -2.33. The van der Waals surface area contributed by atoms with Crippen LogP contribution >= 0.6 is 0 Å². The molecule has 13 heavy (non-hydrogen) atoms. The zero-order chi connectivity index (χ0) is 9.47. The molecule has 2 N–H and O–H groups in total. The Bertz CT molecular complexity index is 320. The van der Waals surface area contributed by atoms with Crippen LogP contribution in [0.3, 0.4) is 0 Å². The highest BCUT2D eigenvalue weighted by Crippen LogP contribution is 2.37. The van der Waals surface area contributed by atoms with Crippen molar-refractivity contribution in [2.75, 3.05) is 0 Å². The normalized spacial score (nSPS) is 25.3. The first-order chi connectivity index (χ1) is 6.08. The Hall–Kier alpha value is -0.960. The molecule has 1 unspecified atom stereocenters. The number of hydrogen-bond acceptors (Lipinski definition) is 3. The van der Waals surface area contributed by atoms with Crippen LogP contribution < -0.4 is 5.73 Å². The molecule has 0 aliphatic heterocycles. The van der Waals surface area contributed by atoms with Gasteiger partial charge in [-0.2, -0.15) is 0 Å². The van der Waals surface area contributed by atoms with Gasteiger partial charge in [-0.05, 0) is 18.3 Å². The molecule has 0 fully saturated rings. The summed E-state index contributed by atoms with van der Waals surface area (Å²) >= 11 is 0. The minimum atomic E-state index is 0.111. The summed E-state index contributed by atoms with van der Waals surface area (Å²) < 4.78 is 0. The Labute approximate surface area is 78.4 Å². The standard InChI is InChI=1S/C10H15N3/c1-10(2)3-8(11)7-5-12-6-13-9(7)4-10/h5-6,8H,3-4,11H2,1-2H3. The third-order valence-electron chi connectivity index (χ3n) is 2.65. The van der Waals surface area contributed by atoms with E-state index in [1.54, 1.807) is 6.33 Å². The van der Waals surface area contributed by atoms with E-state index in [0.29, 0.717) is 0 Å². The van der Waals surface area contributed by atoms with Gasteiger partial charge in [0.1, 0.15) is 6.33 Å². The van der Waals surface area contributed by atoms with Crippen LogP contribution in [0.25, 0.3) is 0 Å². The third kappa shape index (κ3) is 1.56. The highest BCUT2D eigenvalue weighted by atomic mass is 14.8. The molecular weight excluding hydrogens is 162 g/mol. The van der Waals surface area contributed by atoms with Crippen LogP contribution in [-0.2, 0) is 6.42 Å². The number of hydrogen-bond donors (Lipinski definition) is 1. The molecule has 0 spiro atoms. The number of nitrogens with zero attached hydrogens (tertiary/aromatic N) is 2. The van der Waals surface area contributed by atoms with Crippen molar-refractivity contribution in [3.63, 3.8) is 0 Å². The number of fused-ring (bicyclic) bond motifs is 1. The van der Waals surface area contributed by atoms with Gasteiger partial charge in [0.2, 0.25) is 0 Å². The molecule has 0 radical (unpaired) electrons. The van der Waals surface area contributed by atoms with E-state index in [1.165, 1.54) is 0 Å². The van der Waals surface area contributed by atoms with Crippen LogP contribution in [0.1, 0.15) is 37.6 Å². The quantitative estimate of drug-likeness (QED) is 0.652. The Kier molecular flexibility index (Phi) is 1.84. The van der Waals surface area contributed by atoms with Gasteiger partial charge in [0.05, 0.1) is 0 Å². The van der Waals surface area contributed by atoms with Crippen molar-refractivity contribution in [3.8, 4) is 0 Å². The van der Waals surface area contributed by atoms with Gasteiger partial charge in [0.15, 0.2) is 0 Å². The average molecular weight is 177 g/mol. The maximum atomic E-state index is 6.04. The second-order valence-corrected chi connectivity index (χ2v) is 4.58. The summed E-state index contributed by atoms with van der Waals surface area (Å²) in [4.78, 5) is 8.28. The summed E-state index contributed by atoms with van der Waals surface area (Å²) in [6, 6.07) is 0.111. The Morgan fingerprint density at radius 1 is 1.54 bits per heavy atom. The van der Waals surface area contributed by atoms with Crippen molar-refractivity contribution in [1.29, 1.82) is 0 Å². The molecule has 1 atom stereocenters. The van der Waals surface area contributed by atoms with E-state index in [4.69, 9.17) is 5.73 Å². The molecule has 0 bridgehead atoms. The van der Waals surface area contributed by atoms with Crippen LogP contribution in [0.2, 0.25) is 0 Å². The molecule has 1 aromatic rings. The van der Waals surface area contributed by atoms with Gasteiger partial charge in [-0.25, -0.2) is 9.97 Å². The molecule has 0 amide bonds. The first kappa shape index (κ1) is 8.63. The molecular formula is C10H15N3. The number of nitrogens with two attached hydrogens (primary N) is 1. The van der Waals surface area contributed by atoms with Gasteiger partial charge in [0.25, 0.3) is 0 Å². The second-order valence-electron chi connectivity index (χ2n) is 4.58. The molecule has 0 aromatic carbocycles. The van der Waals surface area contributed by atoms with E-state index in [1.807, 2.05) is 6.20 Å². The molecule has 2 rings (SSSR count). The molecule has 70 valence electrons. The smallest absolute Gasteiger partial charge is 0.115 e. The van der Waals surface area contributed by atoms with Crippen LogP contribution in [0, 0.1) is 5.41 Å². The highest BCUT2D eigenvalue weighted by Gasteiger charge is 2.30. The van der Waals surface area contributed by atoms with Gasteiger partial charge in [0, 0.05) is 23.5 Å². The molecule has 1 heterocycles. The Balaban J connectivity index is 2.43. The van der Waals surface area contributed by atoms with Gasteiger partial charge in [-0.3, -0.25) is 0 Å². The highest BCUT2D eigenvalue weighted by molar-refractivity contribution is 5.24. The topological polar surface area (TPSA) is 51.8 Å². The Morgan fingerprint density at radius 3 is 3.08 bits per heavy atom. The van der Waals surface area contributed by atoms with Crippen LogP contribution in [0.15, 0.2) is 12.5 Å².